The lowest BCUT2D eigenvalue weighted by molar-refractivity contribution is -0.137. The molecule has 0 fully saturated rings. The van der Waals surface area contributed by atoms with Gasteiger partial charge in [-0.3, -0.25) is 5.41 Å². The molecule has 2 aromatic rings. The van der Waals surface area contributed by atoms with Crippen LogP contribution in [0.3, 0.4) is 0 Å². The molecule has 0 saturated heterocycles. The van der Waals surface area contributed by atoms with Crippen molar-refractivity contribution in [3.05, 3.63) is 59.7 Å². The summed E-state index contributed by atoms with van der Waals surface area (Å²) in [7, 11) is 0. The summed E-state index contributed by atoms with van der Waals surface area (Å²) in [6.45, 7) is 0. The first-order chi connectivity index (χ1) is 8.89. The molecule has 2 rings (SSSR count). The summed E-state index contributed by atoms with van der Waals surface area (Å²) < 4.78 is 37.4. The van der Waals surface area contributed by atoms with E-state index in [1.165, 1.54) is 12.1 Å². The van der Waals surface area contributed by atoms with Crippen LogP contribution in [0.2, 0.25) is 0 Å². The van der Waals surface area contributed by atoms with Gasteiger partial charge in [-0.05, 0) is 23.3 Å². The second-order valence-corrected chi connectivity index (χ2v) is 4.03. The van der Waals surface area contributed by atoms with Gasteiger partial charge < -0.3 is 5.73 Å². The SMILES string of the molecule is N=C(N)c1ccccc1-c1ccc(C(F)(F)F)cc1. The number of hydrogen-bond donors (Lipinski definition) is 2. The van der Waals surface area contributed by atoms with E-state index in [-0.39, 0.29) is 5.84 Å². The Kier molecular flexibility index (Phi) is 3.29. The normalized spacial score (nSPS) is 11.3. The van der Waals surface area contributed by atoms with Crippen LogP contribution in [0.25, 0.3) is 11.1 Å². The van der Waals surface area contributed by atoms with Crippen LogP contribution < -0.4 is 5.73 Å². The smallest absolute Gasteiger partial charge is 0.384 e. The van der Waals surface area contributed by atoms with Crippen molar-refractivity contribution in [1.82, 2.24) is 0 Å². The highest BCUT2D eigenvalue weighted by Crippen LogP contribution is 2.31. The molecule has 0 bridgehead atoms. The van der Waals surface area contributed by atoms with Gasteiger partial charge in [0, 0.05) is 5.56 Å². The van der Waals surface area contributed by atoms with Crippen LogP contribution in [0.15, 0.2) is 48.5 Å². The second-order valence-electron chi connectivity index (χ2n) is 4.03. The summed E-state index contributed by atoms with van der Waals surface area (Å²) >= 11 is 0. The molecule has 98 valence electrons. The lowest BCUT2D eigenvalue weighted by Gasteiger charge is -2.10. The number of nitrogen functional groups attached to an aromatic ring is 1. The Bertz CT molecular complexity index is 601. The van der Waals surface area contributed by atoms with Gasteiger partial charge in [0.1, 0.15) is 5.84 Å². The van der Waals surface area contributed by atoms with Crippen molar-refractivity contribution in [2.24, 2.45) is 5.73 Å². The van der Waals surface area contributed by atoms with Crippen LogP contribution >= 0.6 is 0 Å². The second kappa shape index (κ2) is 4.76. The Balaban J connectivity index is 2.46. The summed E-state index contributed by atoms with van der Waals surface area (Å²) in [5, 5.41) is 7.46. The van der Waals surface area contributed by atoms with Gasteiger partial charge in [0.15, 0.2) is 0 Å². The third-order valence-corrected chi connectivity index (χ3v) is 2.74. The Morgan fingerprint density at radius 1 is 0.947 bits per heavy atom. The molecule has 0 spiro atoms. The highest BCUT2D eigenvalue weighted by molar-refractivity contribution is 6.01. The molecule has 2 nitrogen and oxygen atoms in total. The average Bonchev–Trinajstić information content (AvgIpc) is 2.38. The Morgan fingerprint density at radius 2 is 1.53 bits per heavy atom. The van der Waals surface area contributed by atoms with E-state index < -0.39 is 11.7 Å². The molecule has 0 aliphatic heterocycles. The van der Waals surface area contributed by atoms with E-state index in [1.807, 2.05) is 0 Å². The summed E-state index contributed by atoms with van der Waals surface area (Å²) in [5.74, 6) is -0.115. The first-order valence-corrected chi connectivity index (χ1v) is 5.50. The molecule has 0 amide bonds. The first kappa shape index (κ1) is 13.1. The van der Waals surface area contributed by atoms with Crippen molar-refractivity contribution in [1.29, 1.82) is 5.41 Å². The first-order valence-electron chi connectivity index (χ1n) is 5.50. The van der Waals surface area contributed by atoms with E-state index in [0.29, 0.717) is 16.7 Å². The maximum atomic E-state index is 12.5. The van der Waals surface area contributed by atoms with Gasteiger partial charge in [-0.1, -0.05) is 36.4 Å². The lowest BCUT2D eigenvalue weighted by atomic mass is 9.98. The van der Waals surface area contributed by atoms with Gasteiger partial charge >= 0.3 is 6.18 Å². The molecule has 19 heavy (non-hydrogen) atoms. The van der Waals surface area contributed by atoms with E-state index in [1.54, 1.807) is 24.3 Å². The van der Waals surface area contributed by atoms with Crippen molar-refractivity contribution in [2.45, 2.75) is 6.18 Å². The number of nitrogens with two attached hydrogens (primary N) is 1. The average molecular weight is 264 g/mol. The quantitative estimate of drug-likeness (QED) is 0.631. The van der Waals surface area contributed by atoms with Gasteiger partial charge in [0.05, 0.1) is 5.56 Å². The zero-order chi connectivity index (χ0) is 14.0. The minimum Gasteiger partial charge on any atom is -0.384 e. The van der Waals surface area contributed by atoms with Crippen molar-refractivity contribution >= 4 is 5.84 Å². The molecular weight excluding hydrogens is 253 g/mol. The van der Waals surface area contributed by atoms with Crippen molar-refractivity contribution in [3.8, 4) is 11.1 Å². The number of alkyl halides is 3. The van der Waals surface area contributed by atoms with Gasteiger partial charge in [-0.25, -0.2) is 0 Å². The monoisotopic (exact) mass is 264 g/mol. The van der Waals surface area contributed by atoms with E-state index in [4.69, 9.17) is 11.1 Å². The highest BCUT2D eigenvalue weighted by Gasteiger charge is 2.30. The summed E-state index contributed by atoms with van der Waals surface area (Å²) in [5.41, 5.74) is 6.50. The fourth-order valence-electron chi connectivity index (χ4n) is 1.81. The maximum Gasteiger partial charge on any atom is 0.416 e. The van der Waals surface area contributed by atoms with E-state index in [9.17, 15) is 13.2 Å². The molecule has 0 atom stereocenters. The molecule has 0 heterocycles. The summed E-state index contributed by atoms with van der Waals surface area (Å²) in [4.78, 5) is 0. The lowest BCUT2D eigenvalue weighted by Crippen LogP contribution is -2.12. The molecule has 0 aliphatic rings. The van der Waals surface area contributed by atoms with Crippen LogP contribution in [-0.2, 0) is 6.18 Å². The largest absolute Gasteiger partial charge is 0.416 e. The Hall–Kier alpha value is -2.30. The minimum atomic E-state index is -4.35. The number of amidine groups is 1. The van der Waals surface area contributed by atoms with E-state index >= 15 is 0 Å². The molecule has 2 aromatic carbocycles. The number of hydrogen-bond acceptors (Lipinski definition) is 1. The minimum absolute atomic E-state index is 0.115. The topological polar surface area (TPSA) is 49.9 Å². The van der Waals surface area contributed by atoms with Gasteiger partial charge in [-0.2, -0.15) is 13.2 Å². The van der Waals surface area contributed by atoms with Crippen molar-refractivity contribution in [3.63, 3.8) is 0 Å². The molecule has 0 saturated carbocycles. The fraction of sp³-hybridized carbons (Fsp3) is 0.0714. The van der Waals surface area contributed by atoms with E-state index in [0.717, 1.165) is 12.1 Å². The Labute approximate surface area is 108 Å². The predicted octanol–water partition coefficient (Wildman–Crippen LogP) is 3.66. The fourth-order valence-corrected chi connectivity index (χ4v) is 1.81. The number of rotatable bonds is 2. The summed E-state index contributed by atoms with van der Waals surface area (Å²) in [6, 6.07) is 11.7. The third-order valence-electron chi connectivity index (χ3n) is 2.74. The van der Waals surface area contributed by atoms with Gasteiger partial charge in [0.2, 0.25) is 0 Å². The number of halogens is 3. The summed E-state index contributed by atoms with van der Waals surface area (Å²) in [6.07, 6.45) is -4.35. The number of benzene rings is 2. The molecule has 0 aliphatic carbocycles. The molecule has 0 radical (unpaired) electrons. The van der Waals surface area contributed by atoms with Crippen LogP contribution in [0.4, 0.5) is 13.2 Å². The molecule has 5 heteroatoms. The third kappa shape index (κ3) is 2.76. The zero-order valence-corrected chi connectivity index (χ0v) is 9.83. The molecule has 3 N–H and O–H groups in total. The number of nitrogens with one attached hydrogen (secondary N) is 1. The van der Waals surface area contributed by atoms with E-state index in [2.05, 4.69) is 0 Å². The van der Waals surface area contributed by atoms with Gasteiger partial charge in [-0.15, -0.1) is 0 Å². The highest BCUT2D eigenvalue weighted by atomic mass is 19.4. The maximum absolute atomic E-state index is 12.5. The molecule has 0 aromatic heterocycles. The Morgan fingerprint density at radius 3 is 2.05 bits per heavy atom. The van der Waals surface area contributed by atoms with Crippen LogP contribution in [-0.4, -0.2) is 5.84 Å². The molecule has 0 unspecified atom stereocenters. The predicted molar refractivity (Wildman–Crippen MR) is 67.9 cm³/mol. The van der Waals surface area contributed by atoms with Crippen LogP contribution in [0.5, 0.6) is 0 Å². The zero-order valence-electron chi connectivity index (χ0n) is 9.83. The van der Waals surface area contributed by atoms with Crippen LogP contribution in [0, 0.1) is 5.41 Å². The van der Waals surface area contributed by atoms with Crippen LogP contribution in [0.1, 0.15) is 11.1 Å². The molecular formula is C14H11F3N2. The van der Waals surface area contributed by atoms with Crippen molar-refractivity contribution in [2.75, 3.05) is 0 Å². The standard InChI is InChI=1S/C14H11F3N2/c15-14(16,17)10-7-5-9(6-8-10)11-3-1-2-4-12(11)13(18)19/h1-8H,(H3,18,19). The van der Waals surface area contributed by atoms with Crippen molar-refractivity contribution < 1.29 is 13.2 Å². The van der Waals surface area contributed by atoms with Gasteiger partial charge in [0.25, 0.3) is 0 Å².